The van der Waals surface area contributed by atoms with Gasteiger partial charge < -0.3 is 10.0 Å². The van der Waals surface area contributed by atoms with Crippen LogP contribution >= 0.6 is 0 Å². The number of nitrogens with zero attached hydrogens (tertiary/aromatic N) is 1. The highest BCUT2D eigenvalue weighted by atomic mass is 19.2. The van der Waals surface area contributed by atoms with Crippen molar-refractivity contribution in [3.05, 3.63) is 59.8 Å². The van der Waals surface area contributed by atoms with Crippen LogP contribution in [0.1, 0.15) is 58.9 Å². The molecule has 29 heavy (non-hydrogen) atoms. The van der Waals surface area contributed by atoms with Crippen molar-refractivity contribution in [3.8, 4) is 0 Å². The summed E-state index contributed by atoms with van der Waals surface area (Å²) in [6.45, 7) is 13.2. The molecule has 1 atom stereocenters. The van der Waals surface area contributed by atoms with Crippen LogP contribution in [-0.4, -0.2) is 34.3 Å². The summed E-state index contributed by atoms with van der Waals surface area (Å²) in [5.74, 6) is -2.74. The zero-order chi connectivity index (χ0) is 22.6. The quantitative estimate of drug-likeness (QED) is 0.574. The third-order valence-corrected chi connectivity index (χ3v) is 4.63. The Morgan fingerprint density at radius 3 is 2.31 bits per heavy atom. The topological polar surface area (TPSA) is 57.6 Å². The highest BCUT2D eigenvalue weighted by Gasteiger charge is 2.27. The van der Waals surface area contributed by atoms with E-state index in [4.69, 9.17) is 0 Å². The summed E-state index contributed by atoms with van der Waals surface area (Å²) in [5.41, 5.74) is 2.18. The number of carbonyl (C=O) groups excluding carboxylic acids is 1. The van der Waals surface area contributed by atoms with Gasteiger partial charge in [-0.1, -0.05) is 19.9 Å². The molecule has 4 nitrogen and oxygen atoms in total. The predicted octanol–water partition coefficient (Wildman–Crippen LogP) is 5.53. The first-order valence-electron chi connectivity index (χ1n) is 9.95. The molecule has 2 rings (SSSR count). The molecule has 0 amide bonds. The van der Waals surface area contributed by atoms with Gasteiger partial charge in [0.2, 0.25) is 0 Å². The Labute approximate surface area is 172 Å². The van der Waals surface area contributed by atoms with Gasteiger partial charge in [0.15, 0.2) is 17.4 Å². The zero-order valence-corrected chi connectivity index (χ0v) is 17.9. The van der Waals surface area contributed by atoms with Crippen LogP contribution in [0.4, 0.5) is 8.78 Å². The van der Waals surface area contributed by atoms with Gasteiger partial charge in [-0.05, 0) is 63.6 Å². The lowest BCUT2D eigenvalue weighted by molar-refractivity contribution is -0.138. The zero-order valence-electron chi connectivity index (χ0n) is 17.9. The Morgan fingerprint density at radius 1 is 1.17 bits per heavy atom. The van der Waals surface area contributed by atoms with Crippen molar-refractivity contribution in [2.24, 2.45) is 0 Å². The summed E-state index contributed by atoms with van der Waals surface area (Å²) in [6.07, 6.45) is 3.29. The number of carboxylic acids is 1. The third kappa shape index (κ3) is 8.18. The Morgan fingerprint density at radius 2 is 1.79 bits per heavy atom. The van der Waals surface area contributed by atoms with Crippen molar-refractivity contribution in [1.29, 1.82) is 0 Å². The summed E-state index contributed by atoms with van der Waals surface area (Å²) >= 11 is 0. The van der Waals surface area contributed by atoms with E-state index in [1.165, 1.54) is 19.1 Å². The molecule has 0 saturated heterocycles. The molecule has 0 radical (unpaired) electrons. The van der Waals surface area contributed by atoms with Gasteiger partial charge in [-0.25, -0.2) is 8.78 Å². The minimum atomic E-state index is -0.957. The highest BCUT2D eigenvalue weighted by Crippen LogP contribution is 2.31. The molecular weight excluding hydrogens is 376 g/mol. The molecule has 1 aliphatic carbocycles. The third-order valence-electron chi connectivity index (χ3n) is 4.63. The summed E-state index contributed by atoms with van der Waals surface area (Å²) in [7, 11) is 0. The number of rotatable bonds is 8. The molecule has 0 spiro atoms. The van der Waals surface area contributed by atoms with Gasteiger partial charge in [0, 0.05) is 17.3 Å². The fourth-order valence-electron chi connectivity index (χ4n) is 3.31. The second-order valence-electron chi connectivity index (χ2n) is 6.49. The normalized spacial score (nSPS) is 13.6. The van der Waals surface area contributed by atoms with Crippen LogP contribution in [0.3, 0.4) is 0 Å². The molecule has 0 bridgehead atoms. The number of aryl methyl sites for hydroxylation is 1. The Balaban J connectivity index is 0.00000184. The highest BCUT2D eigenvalue weighted by molar-refractivity contribution is 5.94. The SMILES string of the molecule is C=C.CC.CC(=O)C1=C(N(CC(=O)O)C(C)CCc2ccc(F)c(F)c2)CCC1. The van der Waals surface area contributed by atoms with Crippen LogP contribution in [0, 0.1) is 11.6 Å². The van der Waals surface area contributed by atoms with Gasteiger partial charge in [0.25, 0.3) is 0 Å². The maximum Gasteiger partial charge on any atom is 0.323 e. The second kappa shape index (κ2) is 13.6. The minimum absolute atomic E-state index is 0.0179. The molecule has 1 unspecified atom stereocenters. The standard InChI is InChI=1S/C19H23F2NO3.C2H6.C2H4/c1-12(6-7-14-8-9-16(20)17(21)10-14)22(11-19(24)25)18-5-3-4-15(18)13(2)23;2*1-2/h8-10,12H,3-7,11H2,1-2H3,(H,24,25);1-2H3;1-2H2. The van der Waals surface area contributed by atoms with E-state index >= 15 is 0 Å². The van der Waals surface area contributed by atoms with Crippen molar-refractivity contribution in [1.82, 2.24) is 4.90 Å². The number of hydrogen-bond donors (Lipinski definition) is 1. The van der Waals surface area contributed by atoms with Crippen molar-refractivity contribution >= 4 is 11.8 Å². The van der Waals surface area contributed by atoms with E-state index in [9.17, 15) is 23.5 Å². The molecule has 0 saturated carbocycles. The van der Waals surface area contributed by atoms with E-state index in [0.717, 1.165) is 18.2 Å². The first kappa shape index (κ1) is 26.5. The lowest BCUT2D eigenvalue weighted by atomic mass is 10.0. The largest absolute Gasteiger partial charge is 0.480 e. The number of aliphatic carboxylic acids is 1. The summed E-state index contributed by atoms with van der Waals surface area (Å²) in [6, 6.07) is 3.66. The molecule has 162 valence electrons. The molecular formula is C23H33F2NO3. The van der Waals surface area contributed by atoms with E-state index < -0.39 is 17.6 Å². The number of hydrogen-bond acceptors (Lipinski definition) is 3. The van der Waals surface area contributed by atoms with Gasteiger partial charge in [-0.2, -0.15) is 0 Å². The number of carboxylic acid groups (broad SMARTS) is 1. The molecule has 0 aliphatic heterocycles. The fourth-order valence-corrected chi connectivity index (χ4v) is 3.31. The average molecular weight is 410 g/mol. The van der Waals surface area contributed by atoms with Gasteiger partial charge in [-0.3, -0.25) is 9.59 Å². The van der Waals surface area contributed by atoms with Gasteiger partial charge >= 0.3 is 5.97 Å². The van der Waals surface area contributed by atoms with Crippen LogP contribution in [-0.2, 0) is 16.0 Å². The average Bonchev–Trinajstić information content (AvgIpc) is 3.19. The summed E-state index contributed by atoms with van der Waals surface area (Å²) in [5, 5.41) is 9.23. The van der Waals surface area contributed by atoms with Crippen LogP contribution in [0.2, 0.25) is 0 Å². The van der Waals surface area contributed by atoms with E-state index in [1.54, 1.807) is 4.90 Å². The van der Waals surface area contributed by atoms with Crippen LogP contribution in [0.25, 0.3) is 0 Å². The van der Waals surface area contributed by atoms with Crippen LogP contribution < -0.4 is 0 Å². The number of carbonyl (C=O) groups is 2. The van der Waals surface area contributed by atoms with Crippen molar-refractivity contribution in [2.75, 3.05) is 6.54 Å². The Bertz CT molecular complexity index is 716. The molecule has 0 aromatic heterocycles. The predicted molar refractivity (Wildman–Crippen MR) is 113 cm³/mol. The van der Waals surface area contributed by atoms with Crippen molar-refractivity contribution in [2.45, 2.75) is 65.8 Å². The van der Waals surface area contributed by atoms with E-state index in [0.29, 0.717) is 36.8 Å². The summed E-state index contributed by atoms with van der Waals surface area (Å²) in [4.78, 5) is 24.8. The molecule has 1 N–H and O–H groups in total. The number of ketones is 1. The second-order valence-corrected chi connectivity index (χ2v) is 6.49. The molecule has 0 heterocycles. The number of Topliss-reactive ketones (excluding diaryl/α,β-unsaturated/α-hetero) is 1. The Kier molecular flexibility index (Phi) is 12.5. The first-order chi connectivity index (χ1) is 13.8. The van der Waals surface area contributed by atoms with Crippen molar-refractivity contribution < 1.29 is 23.5 Å². The fraction of sp³-hybridized carbons (Fsp3) is 0.478. The minimum Gasteiger partial charge on any atom is -0.480 e. The lowest BCUT2D eigenvalue weighted by Gasteiger charge is -2.32. The molecule has 1 aliphatic rings. The van der Waals surface area contributed by atoms with Crippen LogP contribution in [0.5, 0.6) is 0 Å². The van der Waals surface area contributed by atoms with E-state index in [-0.39, 0.29) is 18.4 Å². The first-order valence-corrected chi connectivity index (χ1v) is 9.95. The molecule has 6 heteroatoms. The van der Waals surface area contributed by atoms with Crippen molar-refractivity contribution in [3.63, 3.8) is 0 Å². The number of allylic oxidation sites excluding steroid dienone is 2. The van der Waals surface area contributed by atoms with Gasteiger partial charge in [-0.15, -0.1) is 13.2 Å². The smallest absolute Gasteiger partial charge is 0.323 e. The monoisotopic (exact) mass is 409 g/mol. The number of halogens is 2. The van der Waals surface area contributed by atoms with E-state index in [2.05, 4.69) is 13.2 Å². The molecule has 1 aromatic carbocycles. The van der Waals surface area contributed by atoms with Gasteiger partial charge in [0.1, 0.15) is 6.54 Å². The van der Waals surface area contributed by atoms with E-state index in [1.807, 2.05) is 20.8 Å². The number of benzene rings is 1. The van der Waals surface area contributed by atoms with Crippen LogP contribution in [0.15, 0.2) is 42.6 Å². The maximum absolute atomic E-state index is 13.3. The lowest BCUT2D eigenvalue weighted by Crippen LogP contribution is -2.37. The molecule has 1 aromatic rings. The maximum atomic E-state index is 13.3. The summed E-state index contributed by atoms with van der Waals surface area (Å²) < 4.78 is 26.3. The van der Waals surface area contributed by atoms with Gasteiger partial charge in [0.05, 0.1) is 0 Å². The Hall–Kier alpha value is -2.50. The molecule has 0 fully saturated rings.